The van der Waals surface area contributed by atoms with Crippen molar-refractivity contribution in [3.05, 3.63) is 0 Å². The Hall–Kier alpha value is -0.570. The summed E-state index contributed by atoms with van der Waals surface area (Å²) in [5.74, 6) is 0.956. The maximum absolute atomic E-state index is 10.9. The molecule has 3 N–H and O–H groups in total. The highest BCUT2D eigenvalue weighted by atomic mass is 16.4. The van der Waals surface area contributed by atoms with Crippen LogP contribution in [0.1, 0.15) is 44.9 Å². The van der Waals surface area contributed by atoms with Gasteiger partial charge in [0.1, 0.15) is 0 Å². The zero-order chi connectivity index (χ0) is 10.9. The molecule has 86 valence electrons. The quantitative estimate of drug-likeness (QED) is 0.750. The number of nitrogens with two attached hydrogens (primary N) is 1. The summed E-state index contributed by atoms with van der Waals surface area (Å²) in [6.45, 7) is 0.544. The van der Waals surface area contributed by atoms with Crippen LogP contribution in [0.15, 0.2) is 0 Å². The van der Waals surface area contributed by atoms with Crippen molar-refractivity contribution < 1.29 is 9.90 Å². The van der Waals surface area contributed by atoms with Gasteiger partial charge in [-0.15, -0.1) is 0 Å². The molecule has 0 saturated heterocycles. The lowest BCUT2D eigenvalue weighted by atomic mass is 9.65. The van der Waals surface area contributed by atoms with E-state index in [2.05, 4.69) is 0 Å². The largest absolute Gasteiger partial charge is 0.481 e. The Morgan fingerprint density at radius 3 is 2.73 bits per heavy atom. The van der Waals surface area contributed by atoms with E-state index >= 15 is 0 Å². The van der Waals surface area contributed by atoms with E-state index in [0.717, 1.165) is 24.7 Å². The number of hydrogen-bond donors (Lipinski definition) is 2. The summed E-state index contributed by atoms with van der Waals surface area (Å²) < 4.78 is 0. The zero-order valence-electron chi connectivity index (χ0n) is 9.24. The fourth-order valence-electron chi connectivity index (χ4n) is 3.65. The number of rotatable bonds is 3. The highest BCUT2D eigenvalue weighted by Gasteiger charge is 2.42. The van der Waals surface area contributed by atoms with Crippen LogP contribution in [0.25, 0.3) is 0 Å². The first-order chi connectivity index (χ1) is 7.15. The molecule has 0 heterocycles. The summed E-state index contributed by atoms with van der Waals surface area (Å²) in [6.07, 6.45) is 7.55. The molecule has 15 heavy (non-hydrogen) atoms. The molecule has 2 saturated carbocycles. The minimum absolute atomic E-state index is 0.0860. The number of fused-ring (bicyclic) bond motifs is 1. The van der Waals surface area contributed by atoms with E-state index in [4.69, 9.17) is 10.8 Å². The molecule has 3 heteroatoms. The van der Waals surface area contributed by atoms with E-state index < -0.39 is 5.97 Å². The van der Waals surface area contributed by atoms with Crippen molar-refractivity contribution in [2.24, 2.45) is 23.0 Å². The lowest BCUT2D eigenvalue weighted by Crippen LogP contribution is -2.39. The molecule has 0 bridgehead atoms. The molecular formula is C12H21NO2. The highest BCUT2D eigenvalue weighted by Crippen LogP contribution is 2.50. The van der Waals surface area contributed by atoms with E-state index in [1.54, 1.807) is 0 Å². The summed E-state index contributed by atoms with van der Waals surface area (Å²) in [6, 6.07) is 0. The van der Waals surface area contributed by atoms with E-state index in [-0.39, 0.29) is 11.8 Å². The Kier molecular flexibility index (Phi) is 3.01. The molecule has 3 nitrogen and oxygen atoms in total. The smallest absolute Gasteiger partial charge is 0.303 e. The molecule has 0 radical (unpaired) electrons. The summed E-state index contributed by atoms with van der Waals surface area (Å²) >= 11 is 0. The van der Waals surface area contributed by atoms with Crippen LogP contribution in [0.5, 0.6) is 0 Å². The van der Waals surface area contributed by atoms with Crippen LogP contribution in [-0.4, -0.2) is 17.6 Å². The van der Waals surface area contributed by atoms with Crippen LogP contribution in [0.3, 0.4) is 0 Å². The average molecular weight is 211 g/mol. The third-order valence-corrected chi connectivity index (χ3v) is 4.52. The van der Waals surface area contributed by atoms with Crippen molar-refractivity contribution in [2.45, 2.75) is 44.9 Å². The topological polar surface area (TPSA) is 63.3 Å². The fourth-order valence-corrected chi connectivity index (χ4v) is 3.65. The molecule has 0 aliphatic heterocycles. The van der Waals surface area contributed by atoms with E-state index in [1.807, 2.05) is 0 Å². The third kappa shape index (κ3) is 2.17. The second-order valence-electron chi connectivity index (χ2n) is 5.47. The molecular weight excluding hydrogens is 190 g/mol. The van der Waals surface area contributed by atoms with Crippen molar-refractivity contribution in [1.29, 1.82) is 0 Å². The standard InChI is InChI=1S/C12H21NO2/c13-8-12(7-11(14)15)5-4-9-2-1-3-10(9)6-12/h9-10H,1-8,13H2,(H,14,15)/t9-,10+,12+/m0/s1. The van der Waals surface area contributed by atoms with Gasteiger partial charge in [0.05, 0.1) is 6.42 Å². The van der Waals surface area contributed by atoms with Crippen molar-refractivity contribution in [2.75, 3.05) is 6.54 Å². The molecule has 0 aromatic heterocycles. The minimum atomic E-state index is -0.683. The number of hydrogen-bond acceptors (Lipinski definition) is 2. The van der Waals surface area contributed by atoms with Crippen molar-refractivity contribution in [3.8, 4) is 0 Å². The lowest BCUT2D eigenvalue weighted by molar-refractivity contribution is -0.140. The van der Waals surface area contributed by atoms with Crippen molar-refractivity contribution in [3.63, 3.8) is 0 Å². The fraction of sp³-hybridized carbons (Fsp3) is 0.917. The summed E-state index contributed by atoms with van der Waals surface area (Å²) in [5.41, 5.74) is 5.72. The van der Waals surface area contributed by atoms with Crippen LogP contribution >= 0.6 is 0 Å². The molecule has 2 fully saturated rings. The van der Waals surface area contributed by atoms with Gasteiger partial charge < -0.3 is 10.8 Å². The predicted octanol–water partition coefficient (Wildman–Crippen LogP) is 2.01. The van der Waals surface area contributed by atoms with Crippen molar-refractivity contribution >= 4 is 5.97 Å². The van der Waals surface area contributed by atoms with Gasteiger partial charge in [-0.25, -0.2) is 0 Å². The van der Waals surface area contributed by atoms with Gasteiger partial charge in [0, 0.05) is 0 Å². The van der Waals surface area contributed by atoms with Crippen LogP contribution < -0.4 is 5.73 Å². The maximum Gasteiger partial charge on any atom is 0.303 e. The van der Waals surface area contributed by atoms with Gasteiger partial charge in [0.15, 0.2) is 0 Å². The summed E-state index contributed by atoms with van der Waals surface area (Å²) in [7, 11) is 0. The molecule has 0 aromatic carbocycles. The maximum atomic E-state index is 10.9. The van der Waals surface area contributed by atoms with E-state index in [0.29, 0.717) is 6.54 Å². The van der Waals surface area contributed by atoms with Crippen LogP contribution in [0.2, 0.25) is 0 Å². The second-order valence-corrected chi connectivity index (χ2v) is 5.47. The van der Waals surface area contributed by atoms with Gasteiger partial charge in [-0.2, -0.15) is 0 Å². The average Bonchev–Trinajstić information content (AvgIpc) is 2.63. The van der Waals surface area contributed by atoms with Gasteiger partial charge in [-0.05, 0) is 43.1 Å². The van der Waals surface area contributed by atoms with E-state index in [1.165, 1.54) is 25.7 Å². The molecule has 0 spiro atoms. The molecule has 2 rings (SSSR count). The molecule has 2 aliphatic rings. The molecule has 0 unspecified atom stereocenters. The first kappa shape index (κ1) is 10.9. The normalized spacial score (nSPS) is 40.1. The number of carboxylic acid groups (broad SMARTS) is 1. The predicted molar refractivity (Wildman–Crippen MR) is 58.4 cm³/mol. The first-order valence-electron chi connectivity index (χ1n) is 6.07. The lowest BCUT2D eigenvalue weighted by Gasteiger charge is -2.41. The van der Waals surface area contributed by atoms with Gasteiger partial charge >= 0.3 is 5.97 Å². The number of carboxylic acids is 1. The second kappa shape index (κ2) is 4.12. The monoisotopic (exact) mass is 211 g/mol. The third-order valence-electron chi connectivity index (χ3n) is 4.52. The Labute approximate surface area is 91.0 Å². The molecule has 0 amide bonds. The Morgan fingerprint density at radius 2 is 2.07 bits per heavy atom. The number of carbonyl (C=O) groups is 1. The molecule has 0 aromatic rings. The zero-order valence-corrected chi connectivity index (χ0v) is 9.24. The Balaban J connectivity index is 2.04. The van der Waals surface area contributed by atoms with Gasteiger partial charge in [0.2, 0.25) is 0 Å². The van der Waals surface area contributed by atoms with Gasteiger partial charge in [0.25, 0.3) is 0 Å². The first-order valence-corrected chi connectivity index (χ1v) is 6.07. The van der Waals surface area contributed by atoms with E-state index in [9.17, 15) is 4.79 Å². The SMILES string of the molecule is NC[C@]1(CC(=O)O)CC[C@@H]2CCC[C@@H]2C1. The van der Waals surface area contributed by atoms with Crippen LogP contribution in [-0.2, 0) is 4.79 Å². The number of aliphatic carboxylic acids is 1. The van der Waals surface area contributed by atoms with Gasteiger partial charge in [-0.1, -0.05) is 19.3 Å². The molecule has 3 atom stereocenters. The summed E-state index contributed by atoms with van der Waals surface area (Å²) in [4.78, 5) is 10.9. The highest BCUT2D eigenvalue weighted by molar-refractivity contribution is 5.67. The Morgan fingerprint density at radius 1 is 1.33 bits per heavy atom. The van der Waals surface area contributed by atoms with Crippen LogP contribution in [0.4, 0.5) is 0 Å². The van der Waals surface area contributed by atoms with Crippen molar-refractivity contribution in [1.82, 2.24) is 0 Å². The Bertz CT molecular complexity index is 254. The van der Waals surface area contributed by atoms with Crippen LogP contribution in [0, 0.1) is 17.3 Å². The van der Waals surface area contributed by atoms with Gasteiger partial charge in [-0.3, -0.25) is 4.79 Å². The summed E-state index contributed by atoms with van der Waals surface area (Å²) in [5, 5.41) is 8.95. The minimum Gasteiger partial charge on any atom is -0.481 e. The molecule has 2 aliphatic carbocycles.